The van der Waals surface area contributed by atoms with E-state index >= 15 is 0 Å². The lowest BCUT2D eigenvalue weighted by Crippen LogP contribution is -2.45. The molecule has 1 heterocycles. The fourth-order valence-corrected chi connectivity index (χ4v) is 3.00. The number of aromatic nitrogens is 3. The van der Waals surface area contributed by atoms with Crippen molar-refractivity contribution in [2.45, 2.75) is 71.6 Å². The maximum atomic E-state index is 12.4. The van der Waals surface area contributed by atoms with E-state index in [9.17, 15) is 19.7 Å². The Bertz CT molecular complexity index is 1040. The highest BCUT2D eigenvalue weighted by Crippen LogP contribution is 2.20. The molecular weight excluding hydrogens is 438 g/mol. The lowest BCUT2D eigenvalue weighted by atomic mass is 10.1. The van der Waals surface area contributed by atoms with E-state index in [1.165, 1.54) is 22.9 Å². The molecule has 2 aromatic rings. The standard InChI is InChI=1S/C20H27N5O6S/c1-19(2,3)30-16(26)10-9-14(21-18(27)31-20(4,5)6)17(32)24-15-11-12(25(28)29)7-8-13(15)22-23-24/h7-8,11,14H,9-10H2,1-6H3,(H,21,27). The number of nitrogens with zero attached hydrogens (tertiary/aromatic N) is 4. The highest BCUT2D eigenvalue weighted by Gasteiger charge is 2.27. The zero-order chi connectivity index (χ0) is 24.3. The number of non-ortho nitro benzene ring substituents is 1. The van der Waals surface area contributed by atoms with Crippen LogP contribution in [0.3, 0.4) is 0 Å². The summed E-state index contributed by atoms with van der Waals surface area (Å²) in [5.74, 6) is -0.463. The Kier molecular flexibility index (Phi) is 7.50. The summed E-state index contributed by atoms with van der Waals surface area (Å²) in [5.41, 5.74) is -0.873. The van der Waals surface area contributed by atoms with E-state index in [0.717, 1.165) is 0 Å². The topological polar surface area (TPSA) is 138 Å². The van der Waals surface area contributed by atoms with Crippen LogP contribution >= 0.6 is 12.2 Å². The van der Waals surface area contributed by atoms with Crippen molar-refractivity contribution in [3.8, 4) is 0 Å². The molecule has 1 N–H and O–H groups in total. The van der Waals surface area contributed by atoms with Crippen molar-refractivity contribution in [3.05, 3.63) is 28.3 Å². The second kappa shape index (κ2) is 9.55. The summed E-state index contributed by atoms with van der Waals surface area (Å²) in [6, 6.07) is 3.21. The monoisotopic (exact) mass is 465 g/mol. The van der Waals surface area contributed by atoms with E-state index in [4.69, 9.17) is 21.7 Å². The maximum absolute atomic E-state index is 12.4. The van der Waals surface area contributed by atoms with Crippen LogP contribution in [0.5, 0.6) is 0 Å². The maximum Gasteiger partial charge on any atom is 0.408 e. The van der Waals surface area contributed by atoms with Gasteiger partial charge in [-0.05, 0) is 54.0 Å². The molecule has 1 aromatic heterocycles. The highest BCUT2D eigenvalue weighted by molar-refractivity contribution is 7.80. The van der Waals surface area contributed by atoms with Gasteiger partial charge in [-0.15, -0.1) is 5.10 Å². The van der Waals surface area contributed by atoms with Gasteiger partial charge in [-0.2, -0.15) is 0 Å². The number of nitrogens with one attached hydrogen (secondary N) is 1. The lowest BCUT2D eigenvalue weighted by Gasteiger charge is -2.24. The minimum Gasteiger partial charge on any atom is -0.460 e. The number of rotatable bonds is 6. The van der Waals surface area contributed by atoms with E-state index in [0.29, 0.717) is 11.0 Å². The molecule has 174 valence electrons. The first-order chi connectivity index (χ1) is 14.7. The fourth-order valence-electron chi connectivity index (χ4n) is 2.69. The molecule has 1 unspecified atom stereocenters. The molecule has 0 saturated heterocycles. The van der Waals surface area contributed by atoms with Gasteiger partial charge < -0.3 is 14.8 Å². The first-order valence-corrected chi connectivity index (χ1v) is 10.3. The average Bonchev–Trinajstić information content (AvgIpc) is 3.04. The number of ether oxygens (including phenoxy) is 2. The Morgan fingerprint density at radius 3 is 2.38 bits per heavy atom. The van der Waals surface area contributed by atoms with Gasteiger partial charge in [0.15, 0.2) is 0 Å². The first kappa shape index (κ1) is 25.1. The predicted molar refractivity (Wildman–Crippen MR) is 120 cm³/mol. The molecule has 0 fully saturated rings. The quantitative estimate of drug-likeness (QED) is 0.294. The van der Waals surface area contributed by atoms with Crippen LogP contribution in [0.4, 0.5) is 10.5 Å². The van der Waals surface area contributed by atoms with E-state index < -0.39 is 34.2 Å². The number of alkyl carbamates (subject to hydrolysis) is 1. The largest absolute Gasteiger partial charge is 0.460 e. The molecule has 32 heavy (non-hydrogen) atoms. The zero-order valence-corrected chi connectivity index (χ0v) is 19.7. The predicted octanol–water partition coefficient (Wildman–Crippen LogP) is 3.53. The number of carbonyl (C=O) groups excluding carboxylic acids is 2. The van der Waals surface area contributed by atoms with Crippen LogP contribution in [0.15, 0.2) is 18.2 Å². The summed E-state index contributed by atoms with van der Waals surface area (Å²) in [4.78, 5) is 35.3. The van der Waals surface area contributed by atoms with Crippen molar-refractivity contribution in [3.63, 3.8) is 0 Å². The minimum absolute atomic E-state index is 0.0371. The van der Waals surface area contributed by atoms with Crippen molar-refractivity contribution in [2.75, 3.05) is 0 Å². The van der Waals surface area contributed by atoms with Gasteiger partial charge >= 0.3 is 12.1 Å². The normalized spacial score (nSPS) is 12.8. The molecule has 2 rings (SSSR count). The Hall–Kier alpha value is -3.15. The molecular formula is C20H27N5O6S. The van der Waals surface area contributed by atoms with Gasteiger partial charge in [0.25, 0.3) is 5.69 Å². The Morgan fingerprint density at radius 2 is 1.81 bits per heavy atom. The second-order valence-electron chi connectivity index (χ2n) is 9.09. The molecule has 0 spiro atoms. The summed E-state index contributed by atoms with van der Waals surface area (Å²) in [7, 11) is 0. The van der Waals surface area contributed by atoms with E-state index in [-0.39, 0.29) is 23.5 Å². The summed E-state index contributed by atoms with van der Waals surface area (Å²) in [6.45, 7) is 10.4. The van der Waals surface area contributed by atoms with E-state index in [1.54, 1.807) is 41.5 Å². The van der Waals surface area contributed by atoms with Gasteiger partial charge in [0, 0.05) is 18.6 Å². The summed E-state index contributed by atoms with van der Waals surface area (Å²) < 4.78 is 11.9. The van der Waals surface area contributed by atoms with Crippen LogP contribution in [0.1, 0.15) is 54.4 Å². The molecule has 0 bridgehead atoms. The zero-order valence-electron chi connectivity index (χ0n) is 18.9. The Labute approximate surface area is 190 Å². The average molecular weight is 466 g/mol. The third-order valence-corrected chi connectivity index (χ3v) is 4.35. The van der Waals surface area contributed by atoms with E-state index in [1.807, 2.05) is 0 Å². The molecule has 1 atom stereocenters. The number of nitro benzene ring substituents is 1. The second-order valence-corrected chi connectivity index (χ2v) is 9.51. The molecule has 1 amide bonds. The summed E-state index contributed by atoms with van der Waals surface area (Å²) >= 11 is 5.52. The van der Waals surface area contributed by atoms with Crippen LogP contribution in [0.25, 0.3) is 11.0 Å². The number of hydrogen-bond donors (Lipinski definition) is 1. The number of hydrogen-bond acceptors (Lipinski definition) is 9. The van der Waals surface area contributed by atoms with Crippen LogP contribution in [0, 0.1) is 10.1 Å². The van der Waals surface area contributed by atoms with Crippen LogP contribution in [-0.4, -0.2) is 54.2 Å². The molecule has 12 heteroatoms. The van der Waals surface area contributed by atoms with Gasteiger partial charge in [0.1, 0.15) is 27.2 Å². The van der Waals surface area contributed by atoms with Crippen LogP contribution in [-0.2, 0) is 14.3 Å². The third-order valence-electron chi connectivity index (χ3n) is 3.89. The fraction of sp³-hybridized carbons (Fsp3) is 0.550. The number of carbonyl (C=O) groups is 2. The van der Waals surface area contributed by atoms with Crippen molar-refractivity contribution in [1.29, 1.82) is 0 Å². The van der Waals surface area contributed by atoms with E-state index in [2.05, 4.69) is 15.6 Å². The van der Waals surface area contributed by atoms with Crippen LogP contribution < -0.4 is 5.32 Å². The van der Waals surface area contributed by atoms with Gasteiger partial charge in [-0.3, -0.25) is 14.9 Å². The number of esters is 1. The highest BCUT2D eigenvalue weighted by atomic mass is 32.1. The van der Waals surface area contributed by atoms with Gasteiger partial charge in [-0.1, -0.05) is 17.4 Å². The molecule has 1 aromatic carbocycles. The minimum atomic E-state index is -0.850. The number of benzene rings is 1. The smallest absolute Gasteiger partial charge is 0.408 e. The van der Waals surface area contributed by atoms with Gasteiger partial charge in [0.2, 0.25) is 0 Å². The van der Waals surface area contributed by atoms with Crippen molar-refractivity contribution in [1.82, 2.24) is 20.3 Å². The van der Waals surface area contributed by atoms with Crippen LogP contribution in [0.2, 0.25) is 0 Å². The molecule has 0 aliphatic heterocycles. The molecule has 11 nitrogen and oxygen atoms in total. The third kappa shape index (κ3) is 7.22. The van der Waals surface area contributed by atoms with Gasteiger partial charge in [0.05, 0.1) is 11.0 Å². The molecule has 0 aliphatic rings. The molecule has 0 saturated carbocycles. The first-order valence-electron chi connectivity index (χ1n) is 9.92. The number of amides is 1. The SMILES string of the molecule is CC(C)(C)OC(=O)CCC(NC(=O)OC(C)(C)C)C(=S)n1nnc2ccc([N+](=O)[O-])cc21. The Morgan fingerprint density at radius 1 is 1.19 bits per heavy atom. The molecule has 0 aliphatic carbocycles. The number of thiocarbonyl (C=S) groups is 1. The van der Waals surface area contributed by atoms with Crippen molar-refractivity contribution in [2.24, 2.45) is 0 Å². The number of nitro groups is 1. The van der Waals surface area contributed by atoms with Gasteiger partial charge in [-0.25, -0.2) is 9.48 Å². The summed E-state index contributed by atoms with van der Waals surface area (Å²) in [5, 5.41) is 21.7. The number of fused-ring (bicyclic) bond motifs is 1. The lowest BCUT2D eigenvalue weighted by molar-refractivity contribution is -0.384. The van der Waals surface area contributed by atoms with Crippen molar-refractivity contribution < 1.29 is 24.0 Å². The van der Waals surface area contributed by atoms with Crippen molar-refractivity contribution >= 4 is 46.0 Å². The summed E-state index contributed by atoms with van der Waals surface area (Å²) in [6.07, 6.45) is -0.669. The Balaban J connectivity index is 2.31. The molecule has 0 radical (unpaired) electrons.